The minimum Gasteiger partial charge on any atom is -0.494 e. The molecule has 1 aromatic carbocycles. The molecule has 5 nitrogen and oxygen atoms in total. The molecule has 1 atom stereocenters. The Morgan fingerprint density at radius 2 is 1.92 bits per heavy atom. The van der Waals surface area contributed by atoms with Gasteiger partial charge in [-0.05, 0) is 25.5 Å². The minimum atomic E-state index is -0.439. The van der Waals surface area contributed by atoms with Crippen LogP contribution in [0.25, 0.3) is 0 Å². The molecule has 1 rings (SSSR count). The molecule has 131 valence electrons. The molecule has 7 heteroatoms. The molecule has 0 saturated heterocycles. The molecule has 0 heterocycles. The summed E-state index contributed by atoms with van der Waals surface area (Å²) < 4.78 is 5.19. The first kappa shape index (κ1) is 23.6. The number of likely N-dealkylation sites (N-methyl/N-ethyl adjacent to an activating group) is 1. The molecule has 0 aliphatic rings. The molecule has 1 N–H and O–H groups in total. The second-order valence-electron chi connectivity index (χ2n) is 5.95. The van der Waals surface area contributed by atoms with E-state index in [0.717, 1.165) is 12.0 Å². The van der Waals surface area contributed by atoms with E-state index in [1.807, 2.05) is 34.0 Å². The van der Waals surface area contributed by atoms with Crippen LogP contribution < -0.4 is 5.32 Å². The smallest absolute Gasteiger partial charge is 0.340 e. The molecule has 0 aliphatic carbocycles. The number of carbonyl (C=O) groups excluding carboxylic acids is 2. The van der Waals surface area contributed by atoms with Crippen molar-refractivity contribution < 1.29 is 50.9 Å². The first-order valence-electron chi connectivity index (χ1n) is 7.84. The van der Waals surface area contributed by atoms with Gasteiger partial charge in [0.1, 0.15) is 0 Å². The van der Waals surface area contributed by atoms with Crippen molar-refractivity contribution in [1.29, 1.82) is 0 Å². The van der Waals surface area contributed by atoms with Gasteiger partial charge in [-0.15, -0.1) is 0 Å². The number of nitrogens with one attached hydrogen (secondary N) is 1. The predicted octanol–water partition coefficient (Wildman–Crippen LogP) is 2.81. The van der Waals surface area contributed by atoms with Crippen LogP contribution in [-0.2, 0) is 55.1 Å². The third kappa shape index (κ3) is 6.47. The summed E-state index contributed by atoms with van der Waals surface area (Å²) in [6.07, 6.45) is 1.54. The van der Waals surface area contributed by atoms with Crippen LogP contribution in [0.1, 0.15) is 42.6 Å². The van der Waals surface area contributed by atoms with E-state index in [4.69, 9.17) is 17.6 Å². The maximum absolute atomic E-state index is 12.7. The van der Waals surface area contributed by atoms with E-state index in [2.05, 4.69) is 5.32 Å². The van der Waals surface area contributed by atoms with Crippen LogP contribution in [0.5, 0.6) is 0 Å². The third-order valence-electron chi connectivity index (χ3n) is 3.63. The summed E-state index contributed by atoms with van der Waals surface area (Å²) in [6, 6.07) is 4.92. The fourth-order valence-corrected chi connectivity index (χ4v) is 2.62. The van der Waals surface area contributed by atoms with Gasteiger partial charge < -0.3 is 26.8 Å². The normalized spacial score (nSPS) is 12.1. The van der Waals surface area contributed by atoms with Crippen molar-refractivity contribution in [2.45, 2.75) is 39.7 Å². The number of anilines is 1. The number of ether oxygens (including phenoxy) is 1. The summed E-state index contributed by atoms with van der Waals surface area (Å²) >= 11 is 5.41. The zero-order valence-electron chi connectivity index (χ0n) is 15.1. The van der Waals surface area contributed by atoms with E-state index in [9.17, 15) is 9.59 Å². The second kappa shape index (κ2) is 10.5. The van der Waals surface area contributed by atoms with Crippen molar-refractivity contribution in [3.63, 3.8) is 0 Å². The van der Waals surface area contributed by atoms with E-state index >= 15 is 0 Å². The van der Waals surface area contributed by atoms with Crippen molar-refractivity contribution in [3.05, 3.63) is 29.3 Å². The third-order valence-corrected chi connectivity index (χ3v) is 3.89. The largest absolute Gasteiger partial charge is 0.494 e. The van der Waals surface area contributed by atoms with E-state index in [0.29, 0.717) is 17.7 Å². The summed E-state index contributed by atoms with van der Waals surface area (Å²) in [6.45, 7) is 5.90. The van der Waals surface area contributed by atoms with Crippen molar-refractivity contribution >= 4 is 30.4 Å². The van der Waals surface area contributed by atoms with Crippen LogP contribution in [0.15, 0.2) is 18.2 Å². The SMILES string of the molecule is CCCC(C(=O)Nc1c(C)cccc1C(=O)OCC)[N+](C)(C)[S-].[Y]. The number of aryl methyl sites for hydroxylation is 1. The number of carbonyl (C=O) groups is 2. The number of quaternary nitrogens is 1. The summed E-state index contributed by atoms with van der Waals surface area (Å²) in [5.41, 5.74) is 1.68. The Bertz CT molecular complexity index is 573. The van der Waals surface area contributed by atoms with Gasteiger partial charge >= 0.3 is 5.97 Å². The van der Waals surface area contributed by atoms with Gasteiger partial charge in [-0.25, -0.2) is 4.79 Å². The first-order valence-corrected chi connectivity index (χ1v) is 8.21. The quantitative estimate of drug-likeness (QED) is 0.413. The number of para-hydroxylation sites is 1. The molecule has 0 fully saturated rings. The first-order chi connectivity index (χ1) is 10.7. The standard InChI is InChI=1S/C17H26N2O3S.Y/c1-6-9-14(19(4,5)23)16(20)18-15-12(3)10-8-11-13(15)17(21)22-7-2;/h8,10-11,14H,6-7,9H2,1-5H3,(H,18,20);. The van der Waals surface area contributed by atoms with Gasteiger partial charge in [-0.1, -0.05) is 25.5 Å². The number of amides is 1. The average Bonchev–Trinajstić information content (AvgIpc) is 2.45. The van der Waals surface area contributed by atoms with E-state index < -0.39 is 5.97 Å². The minimum absolute atomic E-state index is 0. The molecule has 0 spiro atoms. The molecule has 0 aromatic heterocycles. The topological polar surface area (TPSA) is 55.4 Å². The number of hydrogen-bond acceptors (Lipinski definition) is 4. The van der Waals surface area contributed by atoms with E-state index in [1.54, 1.807) is 19.1 Å². The van der Waals surface area contributed by atoms with Crippen LogP contribution in [0.4, 0.5) is 5.69 Å². The van der Waals surface area contributed by atoms with Gasteiger partial charge in [0, 0.05) is 39.1 Å². The number of nitrogens with zero attached hydrogens (tertiary/aromatic N) is 1. The van der Waals surface area contributed by atoms with Crippen molar-refractivity contribution in [3.8, 4) is 0 Å². The molecule has 1 unspecified atom stereocenters. The van der Waals surface area contributed by atoms with Crippen molar-refractivity contribution in [2.24, 2.45) is 0 Å². The van der Waals surface area contributed by atoms with Gasteiger partial charge in [-0.2, -0.15) is 0 Å². The van der Waals surface area contributed by atoms with Crippen LogP contribution >= 0.6 is 0 Å². The number of esters is 1. The van der Waals surface area contributed by atoms with Gasteiger partial charge in [0.15, 0.2) is 6.04 Å². The summed E-state index contributed by atoms with van der Waals surface area (Å²) in [5, 5.41) is 2.89. The Morgan fingerprint density at radius 3 is 2.42 bits per heavy atom. The zero-order valence-corrected chi connectivity index (χ0v) is 18.7. The number of rotatable bonds is 7. The summed E-state index contributed by atoms with van der Waals surface area (Å²) in [4.78, 5) is 24.8. The monoisotopic (exact) mass is 427 g/mol. The Morgan fingerprint density at radius 1 is 1.29 bits per heavy atom. The van der Waals surface area contributed by atoms with E-state index in [-0.39, 0.29) is 55.2 Å². The zero-order chi connectivity index (χ0) is 17.6. The molecule has 1 aromatic rings. The maximum Gasteiger partial charge on any atom is 0.340 e. The predicted molar refractivity (Wildman–Crippen MR) is 93.9 cm³/mol. The Balaban J connectivity index is 0.00000529. The second-order valence-corrected chi connectivity index (χ2v) is 6.89. The summed E-state index contributed by atoms with van der Waals surface area (Å²) in [5.74, 6) is -0.614. The fraction of sp³-hybridized carbons (Fsp3) is 0.529. The molecule has 24 heavy (non-hydrogen) atoms. The van der Waals surface area contributed by atoms with Gasteiger partial charge in [-0.3, -0.25) is 4.79 Å². The molecule has 0 bridgehead atoms. The molecule has 1 radical (unpaired) electrons. The molecule has 0 saturated carbocycles. The average molecular weight is 427 g/mol. The van der Waals surface area contributed by atoms with Gasteiger partial charge in [0.2, 0.25) is 0 Å². The van der Waals surface area contributed by atoms with E-state index in [1.165, 1.54) is 0 Å². The Labute approximate surface area is 175 Å². The van der Waals surface area contributed by atoms with Crippen molar-refractivity contribution in [1.82, 2.24) is 0 Å². The Hall–Kier alpha value is -0.426. The molecule has 1 amide bonds. The van der Waals surface area contributed by atoms with Crippen LogP contribution in [0, 0.1) is 6.92 Å². The molecular formula is C17H26N2O3SY. The van der Waals surface area contributed by atoms with Gasteiger partial charge in [0.05, 0.1) is 32.0 Å². The van der Waals surface area contributed by atoms with Gasteiger partial charge in [0.25, 0.3) is 5.91 Å². The Kier molecular flexibility index (Phi) is 10.4. The summed E-state index contributed by atoms with van der Waals surface area (Å²) in [7, 11) is 3.64. The van der Waals surface area contributed by atoms with Crippen molar-refractivity contribution in [2.75, 3.05) is 26.0 Å². The number of hydrogen-bond donors (Lipinski definition) is 1. The molecular weight excluding hydrogens is 401 g/mol. The van der Waals surface area contributed by atoms with Crippen LogP contribution in [0.2, 0.25) is 0 Å². The van der Waals surface area contributed by atoms with Crippen LogP contribution in [0.3, 0.4) is 0 Å². The fourth-order valence-electron chi connectivity index (χ4n) is 2.42. The maximum atomic E-state index is 12.7. The molecule has 0 aliphatic heterocycles. The van der Waals surface area contributed by atoms with Crippen LogP contribution in [-0.4, -0.2) is 42.5 Å². The number of benzene rings is 1.